The van der Waals surface area contributed by atoms with E-state index in [2.05, 4.69) is 11.4 Å². The van der Waals surface area contributed by atoms with Crippen molar-refractivity contribution in [2.75, 3.05) is 0 Å². The van der Waals surface area contributed by atoms with Crippen molar-refractivity contribution in [3.8, 4) is 6.07 Å². The molecule has 4 saturated carbocycles. The molecule has 4 rings (SSSR count). The van der Waals surface area contributed by atoms with Crippen molar-refractivity contribution in [2.24, 2.45) is 34.8 Å². The molecule has 0 spiro atoms. The molecule has 120 valence electrons. The smallest absolute Gasteiger partial charge is 0.240 e. The van der Waals surface area contributed by atoms with Crippen molar-refractivity contribution in [3.05, 3.63) is 0 Å². The van der Waals surface area contributed by atoms with E-state index < -0.39 is 11.9 Å². The van der Waals surface area contributed by atoms with Crippen LogP contribution in [0.2, 0.25) is 0 Å². The zero-order valence-corrected chi connectivity index (χ0v) is 13.2. The van der Waals surface area contributed by atoms with Gasteiger partial charge in [0.2, 0.25) is 11.8 Å². The molecule has 5 heteroatoms. The van der Waals surface area contributed by atoms with Crippen LogP contribution in [-0.2, 0) is 9.59 Å². The Hall–Kier alpha value is -1.57. The van der Waals surface area contributed by atoms with Crippen molar-refractivity contribution in [3.63, 3.8) is 0 Å². The number of carbonyl (C=O) groups is 2. The Morgan fingerprint density at radius 3 is 2.14 bits per heavy atom. The maximum atomic E-state index is 12.9. The number of carbonyl (C=O) groups excluding carboxylic acids is 2. The minimum absolute atomic E-state index is 0.000500. The molecule has 0 saturated heterocycles. The largest absolute Gasteiger partial charge is 0.368 e. The molecule has 0 heterocycles. The van der Waals surface area contributed by atoms with Crippen LogP contribution in [-0.4, -0.2) is 17.9 Å². The van der Waals surface area contributed by atoms with E-state index in [1.54, 1.807) is 6.92 Å². The molecule has 22 heavy (non-hydrogen) atoms. The quantitative estimate of drug-likeness (QED) is 0.809. The summed E-state index contributed by atoms with van der Waals surface area (Å²) in [4.78, 5) is 24.5. The number of nitrogens with zero attached hydrogens (tertiary/aromatic N) is 1. The van der Waals surface area contributed by atoms with Gasteiger partial charge in [0.15, 0.2) is 0 Å². The van der Waals surface area contributed by atoms with Crippen LogP contribution in [0.5, 0.6) is 0 Å². The maximum absolute atomic E-state index is 12.9. The lowest BCUT2D eigenvalue weighted by Crippen LogP contribution is -2.57. The summed E-state index contributed by atoms with van der Waals surface area (Å²) in [6.45, 7) is 1.74. The molecule has 4 aliphatic rings. The van der Waals surface area contributed by atoms with Crippen molar-refractivity contribution in [2.45, 2.75) is 57.9 Å². The summed E-state index contributed by atoms with van der Waals surface area (Å²) in [7, 11) is 0. The first-order chi connectivity index (χ1) is 10.4. The Morgan fingerprint density at radius 2 is 1.73 bits per heavy atom. The molecular formula is C17H25N3O2. The fourth-order valence-corrected chi connectivity index (χ4v) is 5.35. The van der Waals surface area contributed by atoms with Crippen molar-refractivity contribution >= 4 is 11.8 Å². The summed E-state index contributed by atoms with van der Waals surface area (Å²) in [6.07, 6.45) is 7.01. The number of nitrogens with one attached hydrogen (secondary N) is 1. The second kappa shape index (κ2) is 5.57. The molecule has 5 nitrogen and oxygen atoms in total. The normalized spacial score (nSPS) is 38.1. The second-order valence-corrected chi connectivity index (χ2v) is 7.89. The van der Waals surface area contributed by atoms with Gasteiger partial charge in [0, 0.05) is 11.3 Å². The fraction of sp³-hybridized carbons (Fsp3) is 0.824. The maximum Gasteiger partial charge on any atom is 0.240 e. The summed E-state index contributed by atoms with van der Waals surface area (Å²) in [5.74, 6) is 1.21. The highest BCUT2D eigenvalue weighted by molar-refractivity contribution is 5.89. The lowest BCUT2D eigenvalue weighted by atomic mass is 9.49. The highest BCUT2D eigenvalue weighted by Crippen LogP contribution is 2.60. The summed E-state index contributed by atoms with van der Waals surface area (Å²) in [5, 5.41) is 11.8. The molecule has 4 fully saturated rings. The van der Waals surface area contributed by atoms with Crippen LogP contribution in [0.1, 0.15) is 51.9 Å². The summed E-state index contributed by atoms with van der Waals surface area (Å²) in [5.41, 5.74) is 5.14. The predicted molar refractivity (Wildman–Crippen MR) is 81.1 cm³/mol. The molecule has 0 aromatic heterocycles. The molecule has 0 aromatic carbocycles. The lowest BCUT2D eigenvalue weighted by Gasteiger charge is -2.55. The average molecular weight is 303 g/mol. The number of nitrogens with two attached hydrogens (primary N) is 1. The minimum atomic E-state index is -0.727. The van der Waals surface area contributed by atoms with E-state index in [-0.39, 0.29) is 17.2 Å². The van der Waals surface area contributed by atoms with Crippen LogP contribution < -0.4 is 11.1 Å². The topological polar surface area (TPSA) is 96.0 Å². The van der Waals surface area contributed by atoms with Crippen molar-refractivity contribution in [1.82, 2.24) is 5.32 Å². The van der Waals surface area contributed by atoms with E-state index in [1.165, 1.54) is 19.3 Å². The summed E-state index contributed by atoms with van der Waals surface area (Å²) < 4.78 is 0. The van der Waals surface area contributed by atoms with Gasteiger partial charge in [0.25, 0.3) is 0 Å². The summed E-state index contributed by atoms with van der Waals surface area (Å²) in [6, 6.07) is 1.37. The Bertz CT molecular complexity index is 487. The second-order valence-electron chi connectivity index (χ2n) is 7.89. The molecule has 2 atom stereocenters. The van der Waals surface area contributed by atoms with E-state index in [4.69, 9.17) is 11.0 Å². The highest BCUT2D eigenvalue weighted by atomic mass is 16.2. The first-order valence-corrected chi connectivity index (χ1v) is 8.42. The number of amides is 2. The van der Waals surface area contributed by atoms with Crippen molar-refractivity contribution < 1.29 is 9.59 Å². The molecular weight excluding hydrogens is 278 g/mol. The van der Waals surface area contributed by atoms with E-state index in [9.17, 15) is 9.59 Å². The van der Waals surface area contributed by atoms with Gasteiger partial charge in [-0.1, -0.05) is 0 Å². The van der Waals surface area contributed by atoms with Crippen LogP contribution in [0, 0.1) is 40.4 Å². The van der Waals surface area contributed by atoms with E-state index in [0.717, 1.165) is 19.3 Å². The molecule has 0 radical (unpaired) electrons. The van der Waals surface area contributed by atoms with Gasteiger partial charge in [-0.05, 0) is 69.6 Å². The predicted octanol–water partition coefficient (Wildman–Crippen LogP) is 1.72. The molecule has 4 aliphatic carbocycles. The molecule has 0 aliphatic heterocycles. The van der Waals surface area contributed by atoms with Crippen LogP contribution in [0.25, 0.3) is 0 Å². The fourth-order valence-electron chi connectivity index (χ4n) is 5.35. The van der Waals surface area contributed by atoms with E-state index in [1.807, 2.05) is 0 Å². The highest BCUT2D eigenvalue weighted by Gasteiger charge is 2.54. The van der Waals surface area contributed by atoms with E-state index >= 15 is 0 Å². The third-order valence-corrected chi connectivity index (χ3v) is 5.98. The van der Waals surface area contributed by atoms with Gasteiger partial charge in [0.05, 0.1) is 6.07 Å². The van der Waals surface area contributed by atoms with E-state index in [0.29, 0.717) is 24.2 Å². The van der Waals surface area contributed by atoms with Gasteiger partial charge in [0.1, 0.15) is 6.04 Å². The van der Waals surface area contributed by atoms with Gasteiger partial charge >= 0.3 is 0 Å². The SMILES string of the molecule is C[C@H](C#N)C[C@@H](NC(=O)C12CC3CC(CC(C3)C1)C2)C(N)=O. The number of primary amides is 1. The van der Waals surface area contributed by atoms with Gasteiger partial charge in [-0.25, -0.2) is 0 Å². The number of hydrogen-bond donors (Lipinski definition) is 2. The number of rotatable bonds is 5. The molecule has 4 bridgehead atoms. The Kier molecular flexibility index (Phi) is 3.88. The Labute approximate surface area is 131 Å². The Balaban J connectivity index is 1.70. The molecule has 0 aromatic rings. The average Bonchev–Trinajstić information content (AvgIpc) is 2.44. The third-order valence-electron chi connectivity index (χ3n) is 5.98. The van der Waals surface area contributed by atoms with Crippen LogP contribution in [0.4, 0.5) is 0 Å². The first kappa shape index (κ1) is 15.3. The zero-order valence-electron chi connectivity index (χ0n) is 13.2. The van der Waals surface area contributed by atoms with Crippen LogP contribution in [0.3, 0.4) is 0 Å². The molecule has 2 amide bonds. The Morgan fingerprint density at radius 1 is 1.23 bits per heavy atom. The van der Waals surface area contributed by atoms with Gasteiger partial charge in [-0.3, -0.25) is 9.59 Å². The van der Waals surface area contributed by atoms with Gasteiger partial charge in [-0.2, -0.15) is 5.26 Å². The standard InChI is InChI=1S/C17H25N3O2/c1-10(9-18)2-14(15(19)21)20-16(22)17-6-11-3-12(7-17)5-13(4-11)8-17/h10-14H,2-8H2,1H3,(H2,19,21)(H,20,22)/t10-,11?,12?,13?,14+,17?/m0/s1. The lowest BCUT2D eigenvalue weighted by molar-refractivity contribution is -0.148. The van der Waals surface area contributed by atoms with Crippen LogP contribution >= 0.6 is 0 Å². The van der Waals surface area contributed by atoms with Crippen molar-refractivity contribution in [1.29, 1.82) is 5.26 Å². The monoisotopic (exact) mass is 303 g/mol. The first-order valence-electron chi connectivity index (χ1n) is 8.42. The molecule has 0 unspecified atom stereocenters. The van der Waals surface area contributed by atoms with Gasteiger partial charge in [-0.15, -0.1) is 0 Å². The van der Waals surface area contributed by atoms with Crippen LogP contribution in [0.15, 0.2) is 0 Å². The number of hydrogen-bond acceptors (Lipinski definition) is 3. The summed E-state index contributed by atoms with van der Waals surface area (Å²) >= 11 is 0. The number of nitriles is 1. The molecule has 3 N–H and O–H groups in total. The third kappa shape index (κ3) is 2.71. The zero-order chi connectivity index (χ0) is 15.9. The van der Waals surface area contributed by atoms with Gasteiger partial charge < -0.3 is 11.1 Å². The minimum Gasteiger partial charge on any atom is -0.368 e.